The summed E-state index contributed by atoms with van der Waals surface area (Å²) in [4.78, 5) is 15.7. The SMILES string of the molecule is O=C(CC1CCCCN1)NCCc1ccncc1. The summed E-state index contributed by atoms with van der Waals surface area (Å²) in [7, 11) is 0. The molecule has 0 spiro atoms. The van der Waals surface area contributed by atoms with E-state index in [0.29, 0.717) is 19.0 Å². The number of carbonyl (C=O) groups excluding carboxylic acids is 1. The Morgan fingerprint density at radius 1 is 1.39 bits per heavy atom. The molecule has 98 valence electrons. The molecule has 1 aliphatic rings. The largest absolute Gasteiger partial charge is 0.356 e. The van der Waals surface area contributed by atoms with Gasteiger partial charge >= 0.3 is 0 Å². The lowest BCUT2D eigenvalue weighted by molar-refractivity contribution is -0.121. The molecule has 1 aromatic heterocycles. The van der Waals surface area contributed by atoms with Crippen molar-refractivity contribution in [3.63, 3.8) is 0 Å². The maximum atomic E-state index is 11.7. The summed E-state index contributed by atoms with van der Waals surface area (Å²) in [6, 6.07) is 4.34. The predicted molar refractivity (Wildman–Crippen MR) is 71.2 cm³/mol. The Balaban J connectivity index is 1.62. The quantitative estimate of drug-likeness (QED) is 0.824. The molecule has 2 rings (SSSR count). The maximum absolute atomic E-state index is 11.7. The van der Waals surface area contributed by atoms with Crippen LogP contribution in [0.2, 0.25) is 0 Å². The van der Waals surface area contributed by atoms with Crippen LogP contribution >= 0.6 is 0 Å². The zero-order valence-corrected chi connectivity index (χ0v) is 10.7. The minimum Gasteiger partial charge on any atom is -0.356 e. The van der Waals surface area contributed by atoms with Gasteiger partial charge in [0, 0.05) is 31.4 Å². The average molecular weight is 247 g/mol. The van der Waals surface area contributed by atoms with E-state index in [0.717, 1.165) is 19.4 Å². The highest BCUT2D eigenvalue weighted by molar-refractivity contribution is 5.76. The van der Waals surface area contributed by atoms with Gasteiger partial charge in [0.25, 0.3) is 0 Å². The van der Waals surface area contributed by atoms with E-state index in [9.17, 15) is 4.79 Å². The Hall–Kier alpha value is -1.42. The molecule has 0 aromatic carbocycles. The average Bonchev–Trinajstić information content (AvgIpc) is 2.41. The molecule has 1 fully saturated rings. The van der Waals surface area contributed by atoms with E-state index in [-0.39, 0.29) is 5.91 Å². The third-order valence-electron chi connectivity index (χ3n) is 3.33. The Kier molecular flexibility index (Phi) is 5.15. The molecule has 1 saturated heterocycles. The van der Waals surface area contributed by atoms with Crippen LogP contribution < -0.4 is 10.6 Å². The first kappa shape index (κ1) is 13.0. The van der Waals surface area contributed by atoms with Crippen LogP contribution in [0.15, 0.2) is 24.5 Å². The molecule has 1 aromatic rings. The fourth-order valence-electron chi connectivity index (χ4n) is 2.29. The normalized spacial score (nSPS) is 19.4. The summed E-state index contributed by atoms with van der Waals surface area (Å²) >= 11 is 0. The third kappa shape index (κ3) is 4.45. The highest BCUT2D eigenvalue weighted by atomic mass is 16.1. The highest BCUT2D eigenvalue weighted by Gasteiger charge is 2.15. The fourth-order valence-corrected chi connectivity index (χ4v) is 2.29. The van der Waals surface area contributed by atoms with Crippen LogP contribution in [-0.2, 0) is 11.2 Å². The minimum atomic E-state index is 0.156. The van der Waals surface area contributed by atoms with Crippen LogP contribution in [0.1, 0.15) is 31.2 Å². The van der Waals surface area contributed by atoms with E-state index in [1.165, 1.54) is 18.4 Å². The molecule has 0 radical (unpaired) electrons. The number of nitrogens with one attached hydrogen (secondary N) is 2. The summed E-state index contributed by atoms with van der Waals surface area (Å²) in [5.41, 5.74) is 1.21. The molecule has 1 aliphatic heterocycles. The second-order valence-corrected chi connectivity index (χ2v) is 4.81. The van der Waals surface area contributed by atoms with Gasteiger partial charge in [0.15, 0.2) is 0 Å². The van der Waals surface area contributed by atoms with Crippen molar-refractivity contribution in [3.05, 3.63) is 30.1 Å². The molecule has 4 heteroatoms. The van der Waals surface area contributed by atoms with Crippen molar-refractivity contribution in [3.8, 4) is 0 Å². The number of amides is 1. The number of pyridine rings is 1. The summed E-state index contributed by atoms with van der Waals surface area (Å²) in [6.07, 6.45) is 8.63. The molecule has 18 heavy (non-hydrogen) atoms. The van der Waals surface area contributed by atoms with Crippen LogP contribution in [0.5, 0.6) is 0 Å². The minimum absolute atomic E-state index is 0.156. The highest BCUT2D eigenvalue weighted by Crippen LogP contribution is 2.09. The van der Waals surface area contributed by atoms with Crippen molar-refractivity contribution in [2.45, 2.75) is 38.1 Å². The lowest BCUT2D eigenvalue weighted by Gasteiger charge is -2.22. The van der Waals surface area contributed by atoms with Gasteiger partial charge in [-0.1, -0.05) is 6.42 Å². The van der Waals surface area contributed by atoms with E-state index in [2.05, 4.69) is 15.6 Å². The van der Waals surface area contributed by atoms with Crippen molar-refractivity contribution in [1.82, 2.24) is 15.6 Å². The number of carbonyl (C=O) groups is 1. The van der Waals surface area contributed by atoms with Gasteiger partial charge in [-0.25, -0.2) is 0 Å². The Bertz CT molecular complexity index is 361. The van der Waals surface area contributed by atoms with Gasteiger partial charge in [0.1, 0.15) is 0 Å². The number of nitrogens with zero attached hydrogens (tertiary/aromatic N) is 1. The molecule has 1 atom stereocenters. The fraction of sp³-hybridized carbons (Fsp3) is 0.571. The van der Waals surface area contributed by atoms with Gasteiger partial charge in [-0.3, -0.25) is 9.78 Å². The predicted octanol–water partition coefficient (Wildman–Crippen LogP) is 1.27. The molecule has 0 aliphatic carbocycles. The van der Waals surface area contributed by atoms with Gasteiger partial charge in [-0.2, -0.15) is 0 Å². The Morgan fingerprint density at radius 3 is 2.94 bits per heavy atom. The number of hydrogen-bond acceptors (Lipinski definition) is 3. The second-order valence-electron chi connectivity index (χ2n) is 4.81. The summed E-state index contributed by atoms with van der Waals surface area (Å²) < 4.78 is 0. The van der Waals surface area contributed by atoms with Gasteiger partial charge in [-0.05, 0) is 43.5 Å². The molecular formula is C14H21N3O. The van der Waals surface area contributed by atoms with E-state index in [1.54, 1.807) is 12.4 Å². The zero-order valence-electron chi connectivity index (χ0n) is 10.7. The molecular weight excluding hydrogens is 226 g/mol. The first-order chi connectivity index (χ1) is 8.84. The third-order valence-corrected chi connectivity index (χ3v) is 3.33. The van der Waals surface area contributed by atoms with Gasteiger partial charge in [0.05, 0.1) is 0 Å². The Labute approximate surface area is 108 Å². The molecule has 1 unspecified atom stereocenters. The molecule has 2 heterocycles. The first-order valence-corrected chi connectivity index (χ1v) is 6.73. The topological polar surface area (TPSA) is 54.0 Å². The van der Waals surface area contributed by atoms with E-state index >= 15 is 0 Å². The number of rotatable bonds is 5. The van der Waals surface area contributed by atoms with Gasteiger partial charge < -0.3 is 10.6 Å². The van der Waals surface area contributed by atoms with Crippen LogP contribution in [-0.4, -0.2) is 30.0 Å². The summed E-state index contributed by atoms with van der Waals surface area (Å²) in [5, 5.41) is 6.37. The molecule has 2 N–H and O–H groups in total. The maximum Gasteiger partial charge on any atom is 0.221 e. The van der Waals surface area contributed by atoms with Crippen LogP contribution in [0.3, 0.4) is 0 Å². The monoisotopic (exact) mass is 247 g/mol. The number of hydrogen-bond donors (Lipinski definition) is 2. The number of aromatic nitrogens is 1. The van der Waals surface area contributed by atoms with Crippen molar-refractivity contribution in [1.29, 1.82) is 0 Å². The first-order valence-electron chi connectivity index (χ1n) is 6.73. The zero-order chi connectivity index (χ0) is 12.6. The standard InChI is InChI=1S/C14H21N3O/c18-14(11-13-3-1-2-7-16-13)17-10-6-12-4-8-15-9-5-12/h4-5,8-9,13,16H,1-3,6-7,10-11H2,(H,17,18). The lowest BCUT2D eigenvalue weighted by Crippen LogP contribution is -2.39. The smallest absolute Gasteiger partial charge is 0.221 e. The Morgan fingerprint density at radius 2 is 2.22 bits per heavy atom. The van der Waals surface area contributed by atoms with Crippen LogP contribution in [0, 0.1) is 0 Å². The second kappa shape index (κ2) is 7.11. The van der Waals surface area contributed by atoms with Crippen LogP contribution in [0.25, 0.3) is 0 Å². The van der Waals surface area contributed by atoms with Crippen LogP contribution in [0.4, 0.5) is 0 Å². The van der Waals surface area contributed by atoms with Crippen molar-refractivity contribution in [2.24, 2.45) is 0 Å². The summed E-state index contributed by atoms with van der Waals surface area (Å²) in [5.74, 6) is 0.156. The molecule has 1 amide bonds. The van der Waals surface area contributed by atoms with Crippen molar-refractivity contribution < 1.29 is 4.79 Å². The van der Waals surface area contributed by atoms with E-state index < -0.39 is 0 Å². The van der Waals surface area contributed by atoms with Crippen molar-refractivity contribution >= 4 is 5.91 Å². The van der Waals surface area contributed by atoms with Crippen molar-refractivity contribution in [2.75, 3.05) is 13.1 Å². The number of piperidine rings is 1. The van der Waals surface area contributed by atoms with Gasteiger partial charge in [-0.15, -0.1) is 0 Å². The van der Waals surface area contributed by atoms with E-state index in [4.69, 9.17) is 0 Å². The summed E-state index contributed by atoms with van der Waals surface area (Å²) in [6.45, 7) is 1.75. The lowest BCUT2D eigenvalue weighted by atomic mass is 10.0. The van der Waals surface area contributed by atoms with E-state index in [1.807, 2.05) is 12.1 Å². The molecule has 4 nitrogen and oxygen atoms in total. The molecule has 0 bridgehead atoms. The van der Waals surface area contributed by atoms with Gasteiger partial charge in [0.2, 0.25) is 5.91 Å². The molecule has 0 saturated carbocycles.